The minimum absolute atomic E-state index is 0.0115. The fraction of sp³-hybridized carbons (Fsp3) is 0.125. The summed E-state index contributed by atoms with van der Waals surface area (Å²) in [5, 5.41) is 13.4. The molecule has 1 fully saturated rings. The van der Waals surface area contributed by atoms with Gasteiger partial charge in [-0.3, -0.25) is 29.4 Å². The molecule has 0 spiro atoms. The summed E-state index contributed by atoms with van der Waals surface area (Å²) in [7, 11) is 0. The van der Waals surface area contributed by atoms with Crippen molar-refractivity contribution in [1.82, 2.24) is 4.90 Å². The molecule has 0 aliphatic carbocycles. The third-order valence-corrected chi connectivity index (χ3v) is 6.95. The average Bonchev–Trinajstić information content (AvgIpc) is 3.37. The van der Waals surface area contributed by atoms with Gasteiger partial charge in [-0.25, -0.2) is 0 Å². The van der Waals surface area contributed by atoms with Crippen LogP contribution >= 0.6 is 34.4 Å². The molecule has 0 saturated carbocycles. The van der Waals surface area contributed by atoms with Gasteiger partial charge in [-0.05, 0) is 96.2 Å². The van der Waals surface area contributed by atoms with Gasteiger partial charge in [0.2, 0.25) is 5.91 Å². The number of imide groups is 1. The van der Waals surface area contributed by atoms with E-state index in [-0.39, 0.29) is 10.6 Å². The summed E-state index contributed by atoms with van der Waals surface area (Å²) in [4.78, 5) is 49.3. The third kappa shape index (κ3) is 5.46. The molecule has 0 atom stereocenters. The maximum Gasteiger partial charge on any atom is 0.294 e. The number of anilines is 1. The van der Waals surface area contributed by atoms with E-state index >= 15 is 0 Å². The van der Waals surface area contributed by atoms with Crippen LogP contribution in [0.1, 0.15) is 16.9 Å². The first-order chi connectivity index (χ1) is 16.6. The highest BCUT2D eigenvalue weighted by molar-refractivity contribution is 14.1. The molecular weight excluding hydrogens is 585 g/mol. The van der Waals surface area contributed by atoms with Crippen LogP contribution in [0.25, 0.3) is 17.4 Å². The van der Waals surface area contributed by atoms with Gasteiger partial charge in [0.25, 0.3) is 16.8 Å². The van der Waals surface area contributed by atoms with Crippen LogP contribution in [0.4, 0.5) is 16.2 Å². The lowest BCUT2D eigenvalue weighted by Gasteiger charge is -2.12. The predicted octanol–water partition coefficient (Wildman–Crippen LogP) is 5.75. The molecule has 1 aliphatic rings. The number of aryl methyl sites for hydroxylation is 1. The lowest BCUT2D eigenvalue weighted by atomic mass is 10.0. The monoisotopic (exact) mass is 603 g/mol. The predicted molar refractivity (Wildman–Crippen MR) is 141 cm³/mol. The number of nitro benzene ring substituents is 1. The van der Waals surface area contributed by atoms with Crippen LogP contribution < -0.4 is 5.32 Å². The van der Waals surface area contributed by atoms with Crippen molar-refractivity contribution < 1.29 is 23.7 Å². The fourth-order valence-corrected chi connectivity index (χ4v) is 4.58. The molecule has 11 heteroatoms. The summed E-state index contributed by atoms with van der Waals surface area (Å²) >= 11 is 2.86. The van der Waals surface area contributed by atoms with Crippen LogP contribution in [0.2, 0.25) is 0 Å². The number of nitro groups is 1. The standard InChI is InChI=1S/C24H18IN3O6S/c1-13-9-15(10-19(14(13)2)28(32)33)20-8-7-18(34-20)11-21-23(30)27(24(31)35-21)12-22(29)26-17-5-3-16(25)4-6-17/h3-11H,12H2,1-2H3,(H,26,29)/b21-11+. The molecule has 0 bridgehead atoms. The molecule has 35 heavy (non-hydrogen) atoms. The molecule has 1 aliphatic heterocycles. The van der Waals surface area contributed by atoms with Gasteiger partial charge >= 0.3 is 0 Å². The lowest BCUT2D eigenvalue weighted by molar-refractivity contribution is -0.385. The van der Waals surface area contributed by atoms with Crippen LogP contribution in [0.15, 0.2) is 57.9 Å². The molecule has 0 unspecified atom stereocenters. The lowest BCUT2D eigenvalue weighted by Crippen LogP contribution is -2.36. The highest BCUT2D eigenvalue weighted by atomic mass is 127. The Labute approximate surface area is 217 Å². The highest BCUT2D eigenvalue weighted by Gasteiger charge is 2.36. The van der Waals surface area contributed by atoms with E-state index in [2.05, 4.69) is 27.9 Å². The Kier molecular flexibility index (Phi) is 7.08. The van der Waals surface area contributed by atoms with Gasteiger partial charge in [0.05, 0.1) is 9.83 Å². The fourth-order valence-electron chi connectivity index (χ4n) is 3.40. The van der Waals surface area contributed by atoms with Crippen molar-refractivity contribution in [2.75, 3.05) is 11.9 Å². The third-order valence-electron chi connectivity index (χ3n) is 5.32. The molecule has 1 aromatic heterocycles. The Bertz CT molecular complexity index is 1400. The zero-order valence-electron chi connectivity index (χ0n) is 18.5. The molecule has 178 valence electrons. The summed E-state index contributed by atoms with van der Waals surface area (Å²) in [5.41, 5.74) is 2.40. The van der Waals surface area contributed by atoms with Crippen LogP contribution in [0.3, 0.4) is 0 Å². The van der Waals surface area contributed by atoms with Gasteiger partial charge in [-0.15, -0.1) is 0 Å². The summed E-state index contributed by atoms with van der Waals surface area (Å²) < 4.78 is 6.78. The van der Waals surface area contributed by atoms with Crippen molar-refractivity contribution in [2.45, 2.75) is 13.8 Å². The molecule has 1 N–H and O–H groups in total. The molecule has 1 saturated heterocycles. The number of halogens is 1. The molecule has 4 rings (SSSR count). The Hall–Kier alpha value is -3.45. The molecule has 3 aromatic rings. The second kappa shape index (κ2) is 10.0. The average molecular weight is 603 g/mol. The van der Waals surface area contributed by atoms with Crippen molar-refractivity contribution in [2.24, 2.45) is 0 Å². The van der Waals surface area contributed by atoms with E-state index in [9.17, 15) is 24.5 Å². The van der Waals surface area contributed by atoms with E-state index in [1.807, 2.05) is 12.1 Å². The van der Waals surface area contributed by atoms with E-state index < -0.39 is 28.5 Å². The number of carbonyl (C=O) groups is 3. The Morgan fingerprint density at radius 3 is 2.57 bits per heavy atom. The summed E-state index contributed by atoms with van der Waals surface area (Å²) in [6.07, 6.45) is 1.42. The number of hydrogen-bond acceptors (Lipinski definition) is 7. The number of amides is 3. The first-order valence-electron chi connectivity index (χ1n) is 10.3. The molecule has 3 amide bonds. The van der Waals surface area contributed by atoms with Crippen LogP contribution in [0.5, 0.6) is 0 Å². The zero-order chi connectivity index (χ0) is 25.3. The largest absolute Gasteiger partial charge is 0.457 e. The molecule has 0 radical (unpaired) electrons. The van der Waals surface area contributed by atoms with E-state index in [1.54, 1.807) is 44.2 Å². The Morgan fingerprint density at radius 2 is 1.89 bits per heavy atom. The molecule has 2 heterocycles. The second-order valence-corrected chi connectivity index (χ2v) is 9.96. The maximum atomic E-state index is 12.7. The summed E-state index contributed by atoms with van der Waals surface area (Å²) in [5.74, 6) is -0.405. The molecule has 9 nitrogen and oxygen atoms in total. The maximum absolute atomic E-state index is 12.7. The summed E-state index contributed by atoms with van der Waals surface area (Å²) in [6, 6.07) is 13.6. The normalized spacial score (nSPS) is 14.6. The number of rotatable bonds is 6. The number of benzene rings is 2. The number of nitrogens with one attached hydrogen (secondary N) is 1. The van der Waals surface area contributed by atoms with Gasteiger partial charge in [0.15, 0.2) is 0 Å². The number of furan rings is 1. The number of hydrogen-bond donors (Lipinski definition) is 1. The van der Waals surface area contributed by atoms with Crippen molar-refractivity contribution in [3.63, 3.8) is 0 Å². The van der Waals surface area contributed by atoms with Crippen LogP contribution in [-0.2, 0) is 9.59 Å². The van der Waals surface area contributed by atoms with E-state index in [0.29, 0.717) is 40.1 Å². The van der Waals surface area contributed by atoms with Crippen LogP contribution in [-0.4, -0.2) is 33.4 Å². The number of carbonyl (C=O) groups excluding carboxylic acids is 3. The minimum Gasteiger partial charge on any atom is -0.457 e. The van der Waals surface area contributed by atoms with E-state index in [4.69, 9.17) is 4.42 Å². The minimum atomic E-state index is -0.600. The van der Waals surface area contributed by atoms with Crippen molar-refractivity contribution in [3.05, 3.63) is 84.0 Å². The topological polar surface area (TPSA) is 123 Å². The quantitative estimate of drug-likeness (QED) is 0.165. The first-order valence-corrected chi connectivity index (χ1v) is 12.2. The van der Waals surface area contributed by atoms with Crippen LogP contribution in [0, 0.1) is 27.5 Å². The van der Waals surface area contributed by atoms with Gasteiger partial charge in [0, 0.05) is 32.5 Å². The van der Waals surface area contributed by atoms with Crippen molar-refractivity contribution in [3.8, 4) is 11.3 Å². The first kappa shape index (κ1) is 24.7. The Balaban J connectivity index is 1.49. The highest BCUT2D eigenvalue weighted by Crippen LogP contribution is 2.34. The molecular formula is C24H18IN3O6S. The number of thioether (sulfide) groups is 1. The summed E-state index contributed by atoms with van der Waals surface area (Å²) in [6.45, 7) is 3.05. The SMILES string of the molecule is Cc1cc(-c2ccc(/C=C3/SC(=O)N(CC(=O)Nc4ccc(I)cc4)C3=O)o2)cc([N+](=O)[O-])c1C. The Morgan fingerprint density at radius 1 is 1.17 bits per heavy atom. The van der Waals surface area contributed by atoms with E-state index in [1.165, 1.54) is 12.1 Å². The van der Waals surface area contributed by atoms with E-state index in [0.717, 1.165) is 14.0 Å². The van der Waals surface area contributed by atoms with Gasteiger partial charge < -0.3 is 9.73 Å². The number of nitrogens with zero attached hydrogens (tertiary/aromatic N) is 2. The van der Waals surface area contributed by atoms with Crippen molar-refractivity contribution >= 4 is 68.9 Å². The zero-order valence-corrected chi connectivity index (χ0v) is 21.5. The van der Waals surface area contributed by atoms with Gasteiger partial charge in [-0.2, -0.15) is 0 Å². The van der Waals surface area contributed by atoms with Crippen molar-refractivity contribution in [1.29, 1.82) is 0 Å². The second-order valence-electron chi connectivity index (χ2n) is 7.72. The van der Waals surface area contributed by atoms with Gasteiger partial charge in [0.1, 0.15) is 18.1 Å². The smallest absolute Gasteiger partial charge is 0.294 e. The molecule has 2 aromatic carbocycles. The van der Waals surface area contributed by atoms with Gasteiger partial charge in [-0.1, -0.05) is 0 Å².